The van der Waals surface area contributed by atoms with Gasteiger partial charge in [-0.3, -0.25) is 4.68 Å². The van der Waals surface area contributed by atoms with E-state index in [0.717, 1.165) is 16.7 Å². The monoisotopic (exact) mass is 338 g/mol. The van der Waals surface area contributed by atoms with Crippen LogP contribution in [0.15, 0.2) is 34.9 Å². The van der Waals surface area contributed by atoms with Gasteiger partial charge in [0.25, 0.3) is 0 Å². The molecule has 108 valence electrons. The fraction of sp³-hybridized carbons (Fsp3) is 0.357. The SMILES string of the molecule is CN(C)CCn1ncc(Br)c1C(O)c1ccccc1N. The number of nitrogens with two attached hydrogens (primary N) is 1. The molecule has 0 bridgehead atoms. The molecule has 0 saturated carbocycles. The molecule has 0 fully saturated rings. The molecule has 0 spiro atoms. The number of hydrogen-bond donors (Lipinski definition) is 2. The van der Waals surface area contributed by atoms with Crippen LogP contribution in [0.5, 0.6) is 0 Å². The molecule has 2 rings (SSSR count). The maximum absolute atomic E-state index is 10.6. The Balaban J connectivity index is 2.32. The Morgan fingerprint density at radius 2 is 2.10 bits per heavy atom. The summed E-state index contributed by atoms with van der Waals surface area (Å²) in [6.07, 6.45) is 0.906. The van der Waals surface area contributed by atoms with Crippen LogP contribution >= 0.6 is 15.9 Å². The first kappa shape index (κ1) is 15.0. The van der Waals surface area contributed by atoms with Gasteiger partial charge in [-0.25, -0.2) is 0 Å². The number of para-hydroxylation sites is 1. The van der Waals surface area contributed by atoms with Crippen LogP contribution in [0, 0.1) is 0 Å². The minimum atomic E-state index is -0.796. The van der Waals surface area contributed by atoms with Crippen molar-refractivity contribution in [1.29, 1.82) is 0 Å². The number of anilines is 1. The van der Waals surface area contributed by atoms with E-state index in [1.54, 1.807) is 16.9 Å². The Morgan fingerprint density at radius 3 is 2.75 bits per heavy atom. The number of aliphatic hydroxyl groups is 1. The predicted molar refractivity (Wildman–Crippen MR) is 83.4 cm³/mol. The van der Waals surface area contributed by atoms with E-state index in [4.69, 9.17) is 5.73 Å². The summed E-state index contributed by atoms with van der Waals surface area (Å²) in [6.45, 7) is 1.55. The lowest BCUT2D eigenvalue weighted by Gasteiger charge is -2.17. The summed E-state index contributed by atoms with van der Waals surface area (Å²) in [6, 6.07) is 7.33. The van der Waals surface area contributed by atoms with E-state index >= 15 is 0 Å². The Bertz CT molecular complexity index is 582. The maximum atomic E-state index is 10.6. The minimum Gasteiger partial charge on any atom is -0.398 e. The number of nitrogen functional groups attached to an aromatic ring is 1. The van der Waals surface area contributed by atoms with Crippen LogP contribution in [-0.4, -0.2) is 40.4 Å². The van der Waals surface area contributed by atoms with E-state index in [9.17, 15) is 5.11 Å². The van der Waals surface area contributed by atoms with Gasteiger partial charge in [-0.05, 0) is 36.1 Å². The molecule has 0 amide bonds. The minimum absolute atomic E-state index is 0.576. The molecular formula is C14H19BrN4O. The summed E-state index contributed by atoms with van der Waals surface area (Å²) in [5.74, 6) is 0. The maximum Gasteiger partial charge on any atom is 0.124 e. The fourth-order valence-electron chi connectivity index (χ4n) is 2.02. The second kappa shape index (κ2) is 6.39. The topological polar surface area (TPSA) is 67.3 Å². The number of aliphatic hydroxyl groups excluding tert-OH is 1. The van der Waals surface area contributed by atoms with Crippen molar-refractivity contribution in [3.63, 3.8) is 0 Å². The molecule has 6 heteroatoms. The van der Waals surface area contributed by atoms with Crippen molar-refractivity contribution < 1.29 is 5.11 Å². The van der Waals surface area contributed by atoms with Crippen LogP contribution < -0.4 is 5.73 Å². The van der Waals surface area contributed by atoms with Gasteiger partial charge in [0, 0.05) is 17.8 Å². The molecule has 1 unspecified atom stereocenters. The van der Waals surface area contributed by atoms with Gasteiger partial charge in [0.1, 0.15) is 6.10 Å². The first-order valence-electron chi connectivity index (χ1n) is 6.39. The molecule has 1 atom stereocenters. The summed E-state index contributed by atoms with van der Waals surface area (Å²) in [5, 5.41) is 14.9. The largest absolute Gasteiger partial charge is 0.398 e. The van der Waals surface area contributed by atoms with Crippen molar-refractivity contribution in [3.05, 3.63) is 46.2 Å². The first-order valence-corrected chi connectivity index (χ1v) is 7.18. The quantitative estimate of drug-likeness (QED) is 0.816. The van der Waals surface area contributed by atoms with Gasteiger partial charge in [0.2, 0.25) is 0 Å². The second-order valence-corrected chi connectivity index (χ2v) is 5.79. The molecule has 0 aliphatic carbocycles. The van der Waals surface area contributed by atoms with Crippen molar-refractivity contribution >= 4 is 21.6 Å². The highest BCUT2D eigenvalue weighted by Gasteiger charge is 2.21. The number of likely N-dealkylation sites (N-methyl/N-ethyl adjacent to an activating group) is 1. The molecule has 5 nitrogen and oxygen atoms in total. The highest BCUT2D eigenvalue weighted by molar-refractivity contribution is 9.10. The van der Waals surface area contributed by atoms with E-state index in [-0.39, 0.29) is 0 Å². The van der Waals surface area contributed by atoms with Crippen molar-refractivity contribution in [3.8, 4) is 0 Å². The molecular weight excluding hydrogens is 320 g/mol. The van der Waals surface area contributed by atoms with Crippen LogP contribution in [0.2, 0.25) is 0 Å². The van der Waals surface area contributed by atoms with Crippen LogP contribution in [0.4, 0.5) is 5.69 Å². The zero-order valence-corrected chi connectivity index (χ0v) is 13.2. The van der Waals surface area contributed by atoms with Gasteiger partial charge >= 0.3 is 0 Å². The lowest BCUT2D eigenvalue weighted by atomic mass is 10.0. The van der Waals surface area contributed by atoms with Crippen molar-refractivity contribution in [2.45, 2.75) is 12.6 Å². The van der Waals surface area contributed by atoms with Crippen LogP contribution in [0.25, 0.3) is 0 Å². The molecule has 0 saturated heterocycles. The number of benzene rings is 1. The third-order valence-corrected chi connectivity index (χ3v) is 3.75. The molecule has 3 N–H and O–H groups in total. The van der Waals surface area contributed by atoms with Gasteiger partial charge in [-0.2, -0.15) is 5.10 Å². The lowest BCUT2D eigenvalue weighted by molar-refractivity contribution is 0.205. The van der Waals surface area contributed by atoms with E-state index in [1.165, 1.54) is 0 Å². The number of halogens is 1. The van der Waals surface area contributed by atoms with E-state index in [1.807, 2.05) is 32.3 Å². The van der Waals surface area contributed by atoms with Crippen molar-refractivity contribution in [2.24, 2.45) is 0 Å². The Morgan fingerprint density at radius 1 is 1.40 bits per heavy atom. The molecule has 1 aromatic carbocycles. The molecule has 2 aromatic rings. The second-order valence-electron chi connectivity index (χ2n) is 4.94. The smallest absolute Gasteiger partial charge is 0.124 e. The molecule has 20 heavy (non-hydrogen) atoms. The first-order chi connectivity index (χ1) is 9.50. The van der Waals surface area contributed by atoms with Crippen LogP contribution in [-0.2, 0) is 6.54 Å². The molecule has 0 radical (unpaired) electrons. The normalized spacial score (nSPS) is 12.8. The van der Waals surface area contributed by atoms with Crippen LogP contribution in [0.1, 0.15) is 17.4 Å². The Hall–Kier alpha value is -1.37. The summed E-state index contributed by atoms with van der Waals surface area (Å²) in [5.41, 5.74) is 7.93. The van der Waals surface area contributed by atoms with Crippen molar-refractivity contribution in [2.75, 3.05) is 26.4 Å². The van der Waals surface area contributed by atoms with Gasteiger partial charge in [-0.1, -0.05) is 18.2 Å². The molecule has 0 aliphatic heterocycles. The Labute approximate surface area is 127 Å². The highest BCUT2D eigenvalue weighted by Crippen LogP contribution is 2.31. The third-order valence-electron chi connectivity index (χ3n) is 3.14. The zero-order valence-electron chi connectivity index (χ0n) is 11.6. The van der Waals surface area contributed by atoms with Gasteiger partial charge in [0.15, 0.2) is 0 Å². The fourth-order valence-corrected chi connectivity index (χ4v) is 2.54. The number of aromatic nitrogens is 2. The van der Waals surface area contributed by atoms with E-state index in [0.29, 0.717) is 17.8 Å². The molecule has 1 heterocycles. The number of rotatable bonds is 5. The third kappa shape index (κ3) is 3.20. The number of nitrogens with zero attached hydrogens (tertiary/aromatic N) is 3. The number of hydrogen-bond acceptors (Lipinski definition) is 4. The van der Waals surface area contributed by atoms with E-state index < -0.39 is 6.10 Å². The Kier molecular flexibility index (Phi) is 4.80. The van der Waals surface area contributed by atoms with Gasteiger partial charge in [0.05, 0.1) is 22.9 Å². The average molecular weight is 339 g/mol. The average Bonchev–Trinajstić information content (AvgIpc) is 2.77. The molecule has 0 aliphatic rings. The zero-order chi connectivity index (χ0) is 14.7. The van der Waals surface area contributed by atoms with Crippen LogP contribution in [0.3, 0.4) is 0 Å². The van der Waals surface area contributed by atoms with Gasteiger partial charge in [-0.15, -0.1) is 0 Å². The van der Waals surface area contributed by atoms with E-state index in [2.05, 4.69) is 25.9 Å². The highest BCUT2D eigenvalue weighted by atomic mass is 79.9. The van der Waals surface area contributed by atoms with Crippen molar-refractivity contribution in [1.82, 2.24) is 14.7 Å². The summed E-state index contributed by atoms with van der Waals surface area (Å²) in [4.78, 5) is 2.07. The summed E-state index contributed by atoms with van der Waals surface area (Å²) in [7, 11) is 4.01. The summed E-state index contributed by atoms with van der Waals surface area (Å²) >= 11 is 3.45. The van der Waals surface area contributed by atoms with Gasteiger partial charge < -0.3 is 15.7 Å². The predicted octanol–water partition coefficient (Wildman–Crippen LogP) is 1.87. The lowest BCUT2D eigenvalue weighted by Crippen LogP contribution is -2.21. The summed E-state index contributed by atoms with van der Waals surface area (Å²) < 4.78 is 2.59. The molecule has 1 aromatic heterocycles. The standard InChI is InChI=1S/C14H19BrN4O/c1-18(2)7-8-19-13(11(15)9-17-19)14(20)10-5-3-4-6-12(10)16/h3-6,9,14,20H,7-8,16H2,1-2H3.